The number of fused-ring (bicyclic) bond motifs is 1. The Bertz CT molecular complexity index is 1110. The van der Waals surface area contributed by atoms with Gasteiger partial charge in [0.15, 0.2) is 0 Å². The Morgan fingerprint density at radius 1 is 1.06 bits per heavy atom. The van der Waals surface area contributed by atoms with Crippen molar-refractivity contribution in [1.82, 2.24) is 14.8 Å². The topological polar surface area (TPSA) is 57.8 Å². The molecule has 180 valence electrons. The SMILES string of the molecule is O=C(C[C@]1(COc2ccc(Cl)cc2)CN(Cc2ccc3cc[nH]c3c2)CCO1)N1CCCCC1. The third kappa shape index (κ3) is 5.57. The minimum absolute atomic E-state index is 0.161. The molecule has 0 spiro atoms. The maximum absolute atomic E-state index is 13.3. The van der Waals surface area contributed by atoms with E-state index in [-0.39, 0.29) is 5.91 Å². The van der Waals surface area contributed by atoms with Gasteiger partial charge in [0, 0.05) is 49.5 Å². The molecule has 0 radical (unpaired) electrons. The van der Waals surface area contributed by atoms with Crippen LogP contribution in [0, 0.1) is 0 Å². The molecule has 1 N–H and O–H groups in total. The van der Waals surface area contributed by atoms with Crippen LogP contribution in [0.25, 0.3) is 10.9 Å². The van der Waals surface area contributed by atoms with Crippen LogP contribution in [-0.4, -0.2) is 65.7 Å². The maximum atomic E-state index is 13.3. The fourth-order valence-corrected chi connectivity index (χ4v) is 5.16. The normalized spacial score (nSPS) is 21.6. The van der Waals surface area contributed by atoms with Crippen LogP contribution < -0.4 is 4.74 Å². The summed E-state index contributed by atoms with van der Waals surface area (Å²) < 4.78 is 12.5. The zero-order valence-corrected chi connectivity index (χ0v) is 20.2. The molecular formula is C27H32ClN3O3. The molecule has 5 rings (SSSR count). The molecule has 0 saturated carbocycles. The molecule has 2 aliphatic heterocycles. The van der Waals surface area contributed by atoms with Crippen LogP contribution in [0.2, 0.25) is 5.02 Å². The molecule has 2 aliphatic rings. The van der Waals surface area contributed by atoms with E-state index in [1.54, 1.807) is 0 Å². The van der Waals surface area contributed by atoms with Gasteiger partial charge < -0.3 is 19.4 Å². The fourth-order valence-electron chi connectivity index (χ4n) is 5.03. The summed E-state index contributed by atoms with van der Waals surface area (Å²) in [6.45, 7) is 4.84. The van der Waals surface area contributed by atoms with Crippen molar-refractivity contribution >= 4 is 28.4 Å². The number of nitrogens with zero attached hydrogens (tertiary/aromatic N) is 2. The smallest absolute Gasteiger partial charge is 0.225 e. The number of morpholine rings is 1. The first-order valence-corrected chi connectivity index (χ1v) is 12.5. The lowest BCUT2D eigenvalue weighted by Crippen LogP contribution is -2.57. The highest BCUT2D eigenvalue weighted by Gasteiger charge is 2.41. The molecule has 1 amide bonds. The highest BCUT2D eigenvalue weighted by Crippen LogP contribution is 2.28. The number of aromatic nitrogens is 1. The van der Waals surface area contributed by atoms with Crippen molar-refractivity contribution < 1.29 is 14.3 Å². The van der Waals surface area contributed by atoms with Gasteiger partial charge >= 0.3 is 0 Å². The monoisotopic (exact) mass is 481 g/mol. The van der Waals surface area contributed by atoms with Gasteiger partial charge in [0.2, 0.25) is 5.91 Å². The second-order valence-corrected chi connectivity index (χ2v) is 9.94. The van der Waals surface area contributed by atoms with Crippen LogP contribution in [-0.2, 0) is 16.1 Å². The number of piperidine rings is 1. The largest absolute Gasteiger partial charge is 0.491 e. The molecule has 2 fully saturated rings. The highest BCUT2D eigenvalue weighted by atomic mass is 35.5. The molecule has 3 aromatic rings. The average molecular weight is 482 g/mol. The van der Waals surface area contributed by atoms with Gasteiger partial charge in [-0.2, -0.15) is 0 Å². The highest BCUT2D eigenvalue weighted by molar-refractivity contribution is 6.30. The number of benzene rings is 2. The number of aromatic amines is 1. The van der Waals surface area contributed by atoms with E-state index in [1.165, 1.54) is 17.4 Å². The third-order valence-corrected chi connectivity index (χ3v) is 7.10. The van der Waals surface area contributed by atoms with Gasteiger partial charge in [-0.05, 0) is 66.6 Å². The number of hydrogen-bond donors (Lipinski definition) is 1. The molecule has 1 atom stereocenters. The minimum Gasteiger partial charge on any atom is -0.491 e. The van der Waals surface area contributed by atoms with Gasteiger partial charge in [-0.25, -0.2) is 0 Å². The molecule has 1 aromatic heterocycles. The van der Waals surface area contributed by atoms with Crippen molar-refractivity contribution in [2.24, 2.45) is 0 Å². The number of hydrogen-bond acceptors (Lipinski definition) is 4. The quantitative estimate of drug-likeness (QED) is 0.523. The molecule has 34 heavy (non-hydrogen) atoms. The van der Waals surface area contributed by atoms with E-state index in [0.717, 1.165) is 50.3 Å². The van der Waals surface area contributed by atoms with Crippen LogP contribution in [0.15, 0.2) is 54.7 Å². The van der Waals surface area contributed by atoms with Gasteiger partial charge in [-0.3, -0.25) is 9.69 Å². The van der Waals surface area contributed by atoms with E-state index in [0.29, 0.717) is 31.2 Å². The summed E-state index contributed by atoms with van der Waals surface area (Å²) in [6.07, 6.45) is 5.65. The number of carbonyl (C=O) groups is 1. The first-order valence-electron chi connectivity index (χ1n) is 12.2. The van der Waals surface area contributed by atoms with E-state index >= 15 is 0 Å². The van der Waals surface area contributed by atoms with Crippen LogP contribution in [0.4, 0.5) is 0 Å². The summed E-state index contributed by atoms with van der Waals surface area (Å²) in [5.74, 6) is 0.890. The van der Waals surface area contributed by atoms with E-state index < -0.39 is 5.60 Å². The Hall–Kier alpha value is -2.54. The van der Waals surface area contributed by atoms with E-state index in [4.69, 9.17) is 21.1 Å². The molecule has 0 bridgehead atoms. The van der Waals surface area contributed by atoms with Crippen molar-refractivity contribution in [3.8, 4) is 5.75 Å². The lowest BCUT2D eigenvalue weighted by atomic mass is 9.95. The number of ether oxygens (including phenoxy) is 2. The summed E-state index contributed by atoms with van der Waals surface area (Å²) in [7, 11) is 0. The third-order valence-electron chi connectivity index (χ3n) is 6.85. The summed E-state index contributed by atoms with van der Waals surface area (Å²) in [6, 6.07) is 16.0. The van der Waals surface area contributed by atoms with Crippen LogP contribution in [0.5, 0.6) is 5.75 Å². The van der Waals surface area contributed by atoms with E-state index in [9.17, 15) is 4.79 Å². The van der Waals surface area contributed by atoms with Crippen molar-refractivity contribution in [2.75, 3.05) is 39.4 Å². The minimum atomic E-state index is -0.692. The molecule has 3 heterocycles. The van der Waals surface area contributed by atoms with Crippen molar-refractivity contribution in [2.45, 2.75) is 37.8 Å². The Morgan fingerprint density at radius 3 is 2.71 bits per heavy atom. The maximum Gasteiger partial charge on any atom is 0.225 e. The van der Waals surface area contributed by atoms with Crippen molar-refractivity contribution in [3.05, 3.63) is 65.3 Å². The molecule has 0 unspecified atom stereocenters. The zero-order valence-electron chi connectivity index (χ0n) is 19.5. The average Bonchev–Trinajstić information content (AvgIpc) is 3.32. The van der Waals surface area contributed by atoms with Gasteiger partial charge in [-0.15, -0.1) is 0 Å². The van der Waals surface area contributed by atoms with Crippen LogP contribution in [0.3, 0.4) is 0 Å². The van der Waals surface area contributed by atoms with Crippen molar-refractivity contribution in [1.29, 1.82) is 0 Å². The number of H-pyrrole nitrogens is 1. The van der Waals surface area contributed by atoms with Gasteiger partial charge in [0.25, 0.3) is 0 Å². The van der Waals surface area contributed by atoms with Crippen LogP contribution >= 0.6 is 11.6 Å². The Balaban J connectivity index is 1.32. The van der Waals surface area contributed by atoms with Crippen molar-refractivity contribution in [3.63, 3.8) is 0 Å². The molecule has 7 heteroatoms. The standard InChI is InChI=1S/C27H32ClN3O3/c28-23-6-8-24(9-7-23)33-20-27(17-26(32)31-12-2-1-3-13-31)19-30(14-15-34-27)18-21-4-5-22-10-11-29-25(22)16-21/h4-11,16,29H,1-3,12-15,17-20H2/t27-/m1/s1. The Labute approximate surface area is 205 Å². The summed E-state index contributed by atoms with van der Waals surface area (Å²) >= 11 is 6.03. The number of rotatable bonds is 7. The molecular weight excluding hydrogens is 450 g/mol. The van der Waals surface area contributed by atoms with Gasteiger partial charge in [0.1, 0.15) is 18.0 Å². The van der Waals surface area contributed by atoms with E-state index in [1.807, 2.05) is 35.4 Å². The summed E-state index contributed by atoms with van der Waals surface area (Å²) in [4.78, 5) is 20.9. The van der Waals surface area contributed by atoms with E-state index in [2.05, 4.69) is 34.1 Å². The number of halogens is 1. The second kappa shape index (κ2) is 10.4. The first-order chi connectivity index (χ1) is 16.6. The van der Waals surface area contributed by atoms with Gasteiger partial charge in [-0.1, -0.05) is 23.7 Å². The predicted octanol–water partition coefficient (Wildman–Crippen LogP) is 4.87. The number of amides is 1. The Kier molecular flexibility index (Phi) is 7.09. The Morgan fingerprint density at radius 2 is 1.88 bits per heavy atom. The molecule has 0 aliphatic carbocycles. The second-order valence-electron chi connectivity index (χ2n) is 9.50. The molecule has 2 saturated heterocycles. The molecule has 2 aromatic carbocycles. The summed E-state index contributed by atoms with van der Waals surface area (Å²) in [5, 5.41) is 1.88. The van der Waals surface area contributed by atoms with Crippen LogP contribution in [0.1, 0.15) is 31.2 Å². The molecule has 6 nitrogen and oxygen atoms in total. The fraction of sp³-hybridized carbons (Fsp3) is 0.444. The number of likely N-dealkylation sites (tertiary alicyclic amines) is 1. The zero-order chi connectivity index (χ0) is 23.4. The lowest BCUT2D eigenvalue weighted by molar-refractivity contribution is -0.157. The van der Waals surface area contributed by atoms with Gasteiger partial charge in [0.05, 0.1) is 13.0 Å². The predicted molar refractivity (Wildman–Crippen MR) is 134 cm³/mol. The number of nitrogens with one attached hydrogen (secondary N) is 1. The number of carbonyl (C=O) groups excluding carboxylic acids is 1. The first kappa shape index (κ1) is 23.2. The summed E-state index contributed by atoms with van der Waals surface area (Å²) in [5.41, 5.74) is 1.69. The lowest BCUT2D eigenvalue weighted by Gasteiger charge is -2.43.